The normalized spacial score (nSPS) is 14.5. The van der Waals surface area contributed by atoms with Crippen molar-refractivity contribution in [1.82, 2.24) is 4.72 Å². The smallest absolute Gasteiger partial charge is 0.231 e. The zero-order chi connectivity index (χ0) is 17.0. The second-order valence-corrected chi connectivity index (χ2v) is 9.88. The summed E-state index contributed by atoms with van der Waals surface area (Å²) in [6.45, 7) is 12.0. The minimum Gasteiger partial charge on any atom is -0.506 e. The van der Waals surface area contributed by atoms with Crippen LogP contribution in [0.3, 0.4) is 0 Å². The number of hydrogen-bond acceptors (Lipinski definition) is 4. The summed E-state index contributed by atoms with van der Waals surface area (Å²) in [6, 6.07) is 2.00. The molecule has 0 bridgehead atoms. The number of benzene rings is 1. The lowest BCUT2D eigenvalue weighted by atomic mass is 10.0. The molecule has 0 atom stereocenters. The van der Waals surface area contributed by atoms with Crippen LogP contribution in [0.4, 0.5) is 0 Å². The predicted octanol–water partition coefficient (Wildman–Crippen LogP) is 4.75. The fourth-order valence-electron chi connectivity index (χ4n) is 3.11. The Morgan fingerprint density at radius 2 is 1.91 bits per heavy atom. The Kier molecular flexibility index (Phi) is 6.09. The maximum atomic E-state index is 11.0. The van der Waals surface area contributed by atoms with Gasteiger partial charge in [0.25, 0.3) is 0 Å². The molecule has 0 unspecified atom stereocenters. The fraction of sp³-hybridized carbons (Fsp3) is 0.667. The SMILES string of the molecule is CCCCNS(CC)(CC)c1cc2c(c(C(C)C)c1O)OCO2. The minimum atomic E-state index is -1.27. The molecule has 0 saturated carbocycles. The molecule has 132 valence electrons. The minimum absolute atomic E-state index is 0.187. The quantitative estimate of drug-likeness (QED) is 0.670. The predicted molar refractivity (Wildman–Crippen MR) is 98.2 cm³/mol. The molecule has 1 aliphatic rings. The lowest BCUT2D eigenvalue weighted by molar-refractivity contribution is 0.173. The first-order valence-corrected chi connectivity index (χ1v) is 10.7. The van der Waals surface area contributed by atoms with Crippen LogP contribution in [-0.2, 0) is 0 Å². The maximum Gasteiger partial charge on any atom is 0.231 e. The van der Waals surface area contributed by atoms with Gasteiger partial charge in [-0.15, -0.1) is 0 Å². The number of fused-ring (bicyclic) bond motifs is 1. The van der Waals surface area contributed by atoms with Crippen LogP contribution >= 0.6 is 10.2 Å². The number of ether oxygens (including phenoxy) is 2. The van der Waals surface area contributed by atoms with E-state index in [0.29, 0.717) is 5.75 Å². The van der Waals surface area contributed by atoms with E-state index in [2.05, 4.69) is 39.3 Å². The van der Waals surface area contributed by atoms with E-state index < -0.39 is 10.2 Å². The molecule has 0 aromatic heterocycles. The fourth-order valence-corrected chi connectivity index (χ4v) is 6.05. The molecular weight excluding hydrogens is 310 g/mol. The van der Waals surface area contributed by atoms with Crippen molar-refractivity contribution in [2.45, 2.75) is 58.3 Å². The van der Waals surface area contributed by atoms with E-state index in [9.17, 15) is 5.11 Å². The van der Waals surface area contributed by atoms with E-state index in [0.717, 1.165) is 46.4 Å². The third-order valence-electron chi connectivity index (χ3n) is 4.53. The molecule has 0 amide bonds. The van der Waals surface area contributed by atoms with E-state index in [-0.39, 0.29) is 12.7 Å². The van der Waals surface area contributed by atoms with Gasteiger partial charge in [-0.2, -0.15) is 10.2 Å². The summed E-state index contributed by atoms with van der Waals surface area (Å²) in [5.74, 6) is 4.07. The Hall–Kier alpha value is -1.07. The Balaban J connectivity index is 2.53. The van der Waals surface area contributed by atoms with Gasteiger partial charge in [-0.1, -0.05) is 41.0 Å². The van der Waals surface area contributed by atoms with Crippen LogP contribution < -0.4 is 14.2 Å². The number of hydrogen-bond donors (Lipinski definition) is 2. The van der Waals surface area contributed by atoms with Gasteiger partial charge in [-0.3, -0.25) is 4.72 Å². The molecular formula is C18H31NO3S. The highest BCUT2D eigenvalue weighted by Crippen LogP contribution is 2.60. The van der Waals surface area contributed by atoms with Gasteiger partial charge in [-0.25, -0.2) is 0 Å². The monoisotopic (exact) mass is 341 g/mol. The first-order valence-electron chi connectivity index (χ1n) is 8.69. The average molecular weight is 342 g/mol. The number of phenols is 1. The third kappa shape index (κ3) is 3.41. The zero-order valence-corrected chi connectivity index (χ0v) is 15.9. The molecule has 2 rings (SSSR count). The van der Waals surface area contributed by atoms with Crippen molar-refractivity contribution in [2.75, 3.05) is 24.8 Å². The van der Waals surface area contributed by atoms with Crippen molar-refractivity contribution < 1.29 is 14.6 Å². The molecule has 2 N–H and O–H groups in total. The van der Waals surface area contributed by atoms with Gasteiger partial charge >= 0.3 is 0 Å². The summed E-state index contributed by atoms with van der Waals surface area (Å²) in [4.78, 5) is 1.02. The first-order chi connectivity index (χ1) is 11.0. The third-order valence-corrected chi connectivity index (χ3v) is 8.41. The van der Waals surface area contributed by atoms with Crippen LogP contribution in [0.1, 0.15) is 58.9 Å². The summed E-state index contributed by atoms with van der Waals surface area (Å²) < 4.78 is 15.0. The summed E-state index contributed by atoms with van der Waals surface area (Å²) in [7, 11) is -1.27. The number of aromatic hydroxyl groups is 1. The molecule has 1 aliphatic heterocycles. The number of rotatable bonds is 8. The van der Waals surface area contributed by atoms with Gasteiger partial charge in [0.1, 0.15) is 5.75 Å². The molecule has 0 aliphatic carbocycles. The van der Waals surface area contributed by atoms with Crippen molar-refractivity contribution in [3.63, 3.8) is 0 Å². The highest BCUT2D eigenvalue weighted by atomic mass is 32.3. The molecule has 0 spiro atoms. The number of nitrogens with one attached hydrogen (secondary N) is 1. The van der Waals surface area contributed by atoms with Crippen LogP contribution in [0, 0.1) is 0 Å². The molecule has 0 fully saturated rings. The number of phenolic OH excluding ortho intramolecular Hbond substituents is 1. The van der Waals surface area contributed by atoms with E-state index in [1.54, 1.807) is 0 Å². The molecule has 0 radical (unpaired) electrons. The van der Waals surface area contributed by atoms with Crippen molar-refractivity contribution >= 4 is 10.2 Å². The highest BCUT2D eigenvalue weighted by Gasteiger charge is 2.32. The van der Waals surface area contributed by atoms with Crippen LogP contribution in [0.25, 0.3) is 0 Å². The summed E-state index contributed by atoms with van der Waals surface area (Å²) in [6.07, 6.45) is 2.32. The van der Waals surface area contributed by atoms with Gasteiger partial charge in [0.15, 0.2) is 11.5 Å². The summed E-state index contributed by atoms with van der Waals surface area (Å²) in [5.41, 5.74) is 0.881. The van der Waals surface area contributed by atoms with Gasteiger partial charge < -0.3 is 14.6 Å². The van der Waals surface area contributed by atoms with Gasteiger partial charge in [0.05, 0.1) is 0 Å². The molecule has 5 heteroatoms. The van der Waals surface area contributed by atoms with Gasteiger partial charge in [0.2, 0.25) is 6.79 Å². The Morgan fingerprint density at radius 1 is 1.22 bits per heavy atom. The maximum absolute atomic E-state index is 11.0. The van der Waals surface area contributed by atoms with Crippen molar-refractivity contribution in [1.29, 1.82) is 0 Å². The van der Waals surface area contributed by atoms with Crippen molar-refractivity contribution in [3.8, 4) is 17.2 Å². The zero-order valence-electron chi connectivity index (χ0n) is 15.1. The van der Waals surface area contributed by atoms with Crippen molar-refractivity contribution in [2.24, 2.45) is 0 Å². The molecule has 1 heterocycles. The Bertz CT molecular complexity index is 542. The summed E-state index contributed by atoms with van der Waals surface area (Å²) >= 11 is 0. The second kappa shape index (κ2) is 7.67. The number of unbranched alkanes of at least 4 members (excludes halogenated alkanes) is 1. The standard InChI is InChI=1S/C18H31NO3S/c1-6-9-10-19-23(7-2,8-3)15-11-14-18(22-12-21-14)16(13(4)5)17(15)20/h11,13,19-20H,6-10,12H2,1-5H3. The lowest BCUT2D eigenvalue weighted by Crippen LogP contribution is -2.26. The largest absolute Gasteiger partial charge is 0.506 e. The molecule has 1 aromatic rings. The first kappa shape index (κ1) is 18.3. The highest BCUT2D eigenvalue weighted by molar-refractivity contribution is 8.32. The van der Waals surface area contributed by atoms with Crippen molar-refractivity contribution in [3.05, 3.63) is 11.6 Å². The van der Waals surface area contributed by atoms with Crippen LogP contribution in [0.2, 0.25) is 0 Å². The van der Waals surface area contributed by atoms with Crippen LogP contribution in [-0.4, -0.2) is 29.9 Å². The molecule has 23 heavy (non-hydrogen) atoms. The van der Waals surface area contributed by atoms with E-state index >= 15 is 0 Å². The van der Waals surface area contributed by atoms with E-state index in [4.69, 9.17) is 9.47 Å². The second-order valence-electron chi connectivity index (χ2n) is 6.23. The van der Waals surface area contributed by atoms with E-state index in [1.807, 2.05) is 6.07 Å². The topological polar surface area (TPSA) is 50.7 Å². The average Bonchev–Trinajstić information content (AvgIpc) is 2.99. The van der Waals surface area contributed by atoms with Crippen LogP contribution in [0.15, 0.2) is 11.0 Å². The lowest BCUT2D eigenvalue weighted by Gasteiger charge is -2.40. The van der Waals surface area contributed by atoms with Gasteiger partial charge in [0, 0.05) is 23.1 Å². The summed E-state index contributed by atoms with van der Waals surface area (Å²) in [5, 5.41) is 11.0. The molecule has 1 aromatic carbocycles. The van der Waals surface area contributed by atoms with Gasteiger partial charge in [-0.05, 0) is 23.8 Å². The van der Waals surface area contributed by atoms with E-state index in [1.165, 1.54) is 6.42 Å². The molecule has 4 nitrogen and oxygen atoms in total. The Morgan fingerprint density at radius 3 is 2.48 bits per heavy atom. The van der Waals surface area contributed by atoms with Crippen LogP contribution in [0.5, 0.6) is 17.2 Å². The Labute approximate surface area is 142 Å². The molecule has 0 saturated heterocycles.